The Morgan fingerprint density at radius 1 is 1.00 bits per heavy atom. The second-order valence-electron chi connectivity index (χ2n) is 8.93. The van der Waals surface area contributed by atoms with Crippen molar-refractivity contribution < 1.29 is 23.1 Å². The second-order valence-corrected chi connectivity index (χ2v) is 11.5. The van der Waals surface area contributed by atoms with Crippen LogP contribution >= 0.6 is 11.6 Å². The SMILES string of the molecule is CCC(C(=O)Nc1cc(O)c(NC(=O)C2=CCc3ccccc3C2)cc1Cl)S(=O)(=O)c1cccc(C)c1. The van der Waals surface area contributed by atoms with E-state index in [4.69, 9.17) is 11.6 Å². The van der Waals surface area contributed by atoms with Crippen molar-refractivity contribution in [3.8, 4) is 5.75 Å². The van der Waals surface area contributed by atoms with Gasteiger partial charge in [-0.15, -0.1) is 0 Å². The van der Waals surface area contributed by atoms with E-state index in [9.17, 15) is 23.1 Å². The number of benzene rings is 3. The number of carbonyl (C=O) groups excluding carboxylic acids is 2. The highest BCUT2D eigenvalue weighted by molar-refractivity contribution is 7.92. The number of hydrogen-bond donors (Lipinski definition) is 3. The minimum atomic E-state index is -3.95. The number of amides is 2. The van der Waals surface area contributed by atoms with Gasteiger partial charge in [-0.3, -0.25) is 9.59 Å². The first-order chi connectivity index (χ1) is 17.6. The van der Waals surface area contributed by atoms with Crippen LogP contribution in [0.25, 0.3) is 0 Å². The lowest BCUT2D eigenvalue weighted by Gasteiger charge is -2.19. The van der Waals surface area contributed by atoms with Crippen LogP contribution in [0.3, 0.4) is 0 Å². The summed E-state index contributed by atoms with van der Waals surface area (Å²) in [6, 6.07) is 16.7. The standard InChI is InChI=1S/C28H27ClN2O5S/c1-3-26(37(35,36)21-10-6-7-17(2)13-21)28(34)30-23-16-25(32)24(15-22(23)29)31-27(33)20-12-11-18-8-4-5-9-19(18)14-20/h4-10,12-13,15-16,26,32H,3,11,14H2,1-2H3,(H,30,34)(H,31,33). The van der Waals surface area contributed by atoms with Gasteiger partial charge in [-0.2, -0.15) is 0 Å². The fourth-order valence-corrected chi connectivity index (χ4v) is 6.23. The average molecular weight is 539 g/mol. The Hall–Kier alpha value is -3.62. The molecule has 3 N–H and O–H groups in total. The molecule has 37 heavy (non-hydrogen) atoms. The van der Waals surface area contributed by atoms with Gasteiger partial charge in [-0.1, -0.05) is 61.0 Å². The second kappa shape index (κ2) is 10.8. The van der Waals surface area contributed by atoms with E-state index in [-0.39, 0.29) is 39.4 Å². The molecular formula is C28H27ClN2O5S. The van der Waals surface area contributed by atoms with E-state index in [2.05, 4.69) is 10.6 Å². The van der Waals surface area contributed by atoms with Gasteiger partial charge in [-0.25, -0.2) is 8.42 Å². The van der Waals surface area contributed by atoms with Gasteiger partial charge in [0.15, 0.2) is 9.84 Å². The number of aromatic hydroxyl groups is 1. The van der Waals surface area contributed by atoms with Crippen LogP contribution in [0.1, 0.15) is 30.0 Å². The van der Waals surface area contributed by atoms with Gasteiger partial charge in [0, 0.05) is 18.1 Å². The van der Waals surface area contributed by atoms with E-state index < -0.39 is 21.0 Å². The summed E-state index contributed by atoms with van der Waals surface area (Å²) in [5.41, 5.74) is 3.67. The molecule has 0 aromatic heterocycles. The Balaban J connectivity index is 1.49. The number of hydrogen-bond acceptors (Lipinski definition) is 5. The molecule has 0 aliphatic heterocycles. The van der Waals surface area contributed by atoms with Crippen LogP contribution in [-0.4, -0.2) is 30.6 Å². The Bertz CT molecular complexity index is 1510. The topological polar surface area (TPSA) is 113 Å². The molecule has 0 fully saturated rings. The van der Waals surface area contributed by atoms with E-state index in [0.717, 1.165) is 11.1 Å². The minimum absolute atomic E-state index is 0.0332. The van der Waals surface area contributed by atoms with E-state index >= 15 is 0 Å². The van der Waals surface area contributed by atoms with Gasteiger partial charge in [0.25, 0.3) is 5.91 Å². The molecule has 0 saturated carbocycles. The van der Waals surface area contributed by atoms with Gasteiger partial charge in [0.05, 0.1) is 21.3 Å². The number of anilines is 2. The van der Waals surface area contributed by atoms with Gasteiger partial charge in [0.1, 0.15) is 11.0 Å². The quantitative estimate of drug-likeness (QED) is 0.357. The van der Waals surface area contributed by atoms with Crippen molar-refractivity contribution in [3.05, 3.63) is 94.0 Å². The third-order valence-corrected chi connectivity index (χ3v) is 8.83. The molecule has 9 heteroatoms. The van der Waals surface area contributed by atoms with Gasteiger partial charge >= 0.3 is 0 Å². The molecule has 0 radical (unpaired) electrons. The van der Waals surface area contributed by atoms with Crippen molar-refractivity contribution in [1.82, 2.24) is 0 Å². The zero-order chi connectivity index (χ0) is 26.7. The molecule has 2 amide bonds. The molecule has 1 unspecified atom stereocenters. The largest absolute Gasteiger partial charge is 0.506 e. The normalized spacial score (nSPS) is 13.8. The van der Waals surface area contributed by atoms with Gasteiger partial charge < -0.3 is 15.7 Å². The Kier molecular flexibility index (Phi) is 7.71. The lowest BCUT2D eigenvalue weighted by Crippen LogP contribution is -2.34. The maximum atomic E-state index is 13.1. The predicted molar refractivity (Wildman–Crippen MR) is 145 cm³/mol. The van der Waals surface area contributed by atoms with Crippen molar-refractivity contribution in [2.24, 2.45) is 0 Å². The zero-order valence-electron chi connectivity index (χ0n) is 20.4. The van der Waals surface area contributed by atoms with Crippen molar-refractivity contribution in [1.29, 1.82) is 0 Å². The first-order valence-corrected chi connectivity index (χ1v) is 13.7. The highest BCUT2D eigenvalue weighted by Crippen LogP contribution is 2.35. The third kappa shape index (κ3) is 5.70. The average Bonchev–Trinajstić information content (AvgIpc) is 2.87. The van der Waals surface area contributed by atoms with E-state index in [1.807, 2.05) is 30.3 Å². The number of allylic oxidation sites excluding steroid dienone is 1. The summed E-state index contributed by atoms with van der Waals surface area (Å²) in [4.78, 5) is 25.9. The number of halogens is 1. The van der Waals surface area contributed by atoms with Crippen molar-refractivity contribution in [2.75, 3.05) is 10.6 Å². The summed E-state index contributed by atoms with van der Waals surface area (Å²) in [5, 5.41) is 14.4. The molecule has 3 aromatic carbocycles. The highest BCUT2D eigenvalue weighted by atomic mass is 35.5. The molecule has 3 aromatic rings. The van der Waals surface area contributed by atoms with Crippen LogP contribution in [-0.2, 0) is 32.3 Å². The summed E-state index contributed by atoms with van der Waals surface area (Å²) in [7, 11) is -3.95. The van der Waals surface area contributed by atoms with Crippen LogP contribution in [0.15, 0.2) is 77.2 Å². The number of sulfone groups is 1. The van der Waals surface area contributed by atoms with E-state index in [1.165, 1.54) is 29.8 Å². The number of fused-ring (bicyclic) bond motifs is 1. The molecule has 192 valence electrons. The molecule has 0 spiro atoms. The van der Waals surface area contributed by atoms with Crippen molar-refractivity contribution in [3.63, 3.8) is 0 Å². The van der Waals surface area contributed by atoms with Crippen LogP contribution < -0.4 is 10.6 Å². The molecule has 0 bridgehead atoms. The summed E-state index contributed by atoms with van der Waals surface area (Å²) in [6.07, 6.45) is 3.00. The first-order valence-electron chi connectivity index (χ1n) is 11.8. The van der Waals surface area contributed by atoms with Crippen LogP contribution in [0.2, 0.25) is 5.02 Å². The predicted octanol–water partition coefficient (Wildman–Crippen LogP) is 5.21. The lowest BCUT2D eigenvalue weighted by atomic mass is 9.91. The van der Waals surface area contributed by atoms with Crippen molar-refractivity contribution in [2.45, 2.75) is 43.3 Å². The lowest BCUT2D eigenvalue weighted by molar-refractivity contribution is -0.116. The summed E-state index contributed by atoms with van der Waals surface area (Å²) >= 11 is 6.34. The van der Waals surface area contributed by atoms with Crippen molar-refractivity contribution >= 4 is 44.6 Å². The molecule has 0 saturated heterocycles. The monoisotopic (exact) mass is 538 g/mol. The van der Waals surface area contributed by atoms with Gasteiger partial charge in [0.2, 0.25) is 5.91 Å². The number of nitrogens with one attached hydrogen (secondary N) is 2. The number of phenols is 1. The molecule has 1 atom stereocenters. The molecule has 1 aliphatic carbocycles. The highest BCUT2D eigenvalue weighted by Gasteiger charge is 2.33. The fraction of sp³-hybridized carbons (Fsp3) is 0.214. The Morgan fingerprint density at radius 2 is 1.73 bits per heavy atom. The minimum Gasteiger partial charge on any atom is -0.506 e. The molecule has 0 heterocycles. The Labute approximate surface area is 221 Å². The summed E-state index contributed by atoms with van der Waals surface area (Å²) in [6.45, 7) is 3.38. The van der Waals surface area contributed by atoms with E-state index in [1.54, 1.807) is 26.0 Å². The smallest absolute Gasteiger partial charge is 0.251 e. The number of aryl methyl sites for hydroxylation is 1. The number of phenolic OH excluding ortho intramolecular Hbond substituents is 1. The zero-order valence-corrected chi connectivity index (χ0v) is 22.0. The van der Waals surface area contributed by atoms with Crippen LogP contribution in [0.5, 0.6) is 5.75 Å². The number of rotatable bonds is 7. The molecule has 1 aliphatic rings. The number of carbonyl (C=O) groups is 2. The van der Waals surface area contributed by atoms with Crippen LogP contribution in [0, 0.1) is 6.92 Å². The molecule has 7 nitrogen and oxygen atoms in total. The molecule has 4 rings (SSSR count). The maximum absolute atomic E-state index is 13.1. The summed E-state index contributed by atoms with van der Waals surface area (Å²) < 4.78 is 26.2. The van der Waals surface area contributed by atoms with Gasteiger partial charge in [-0.05, 0) is 54.7 Å². The summed E-state index contributed by atoms with van der Waals surface area (Å²) in [5.74, 6) is -1.46. The fourth-order valence-electron chi connectivity index (χ4n) is 4.29. The third-order valence-electron chi connectivity index (χ3n) is 6.31. The maximum Gasteiger partial charge on any atom is 0.251 e. The first kappa shape index (κ1) is 26.4. The van der Waals surface area contributed by atoms with E-state index in [0.29, 0.717) is 18.4 Å². The van der Waals surface area contributed by atoms with Crippen LogP contribution in [0.4, 0.5) is 11.4 Å². The molecular weight excluding hydrogens is 512 g/mol. The Morgan fingerprint density at radius 3 is 2.43 bits per heavy atom.